The van der Waals surface area contributed by atoms with Gasteiger partial charge < -0.3 is 15.2 Å². The summed E-state index contributed by atoms with van der Waals surface area (Å²) in [6.45, 7) is 7.03. The molecule has 0 saturated carbocycles. The van der Waals surface area contributed by atoms with Gasteiger partial charge in [-0.3, -0.25) is 4.90 Å². The molecule has 0 aromatic heterocycles. The minimum absolute atomic E-state index is 0.00422. The highest BCUT2D eigenvalue weighted by Crippen LogP contribution is 2.37. The highest BCUT2D eigenvalue weighted by atomic mass is 16.6. The van der Waals surface area contributed by atoms with Gasteiger partial charge in [0.1, 0.15) is 5.60 Å². The molecular weight excluding hydrogens is 220 g/mol. The Morgan fingerprint density at radius 2 is 2.29 bits per heavy atom. The fraction of sp³-hybridized carbons (Fsp3) is 0.917. The molecule has 2 N–H and O–H groups in total. The van der Waals surface area contributed by atoms with Crippen molar-refractivity contribution in [3.63, 3.8) is 0 Å². The van der Waals surface area contributed by atoms with Crippen LogP contribution in [-0.4, -0.2) is 53.0 Å². The van der Waals surface area contributed by atoms with Crippen LogP contribution in [-0.2, 0) is 4.74 Å². The molecule has 2 aliphatic heterocycles. The Labute approximate surface area is 102 Å². The molecule has 2 saturated heterocycles. The Balaban J connectivity index is 2.16. The van der Waals surface area contributed by atoms with Crippen LogP contribution >= 0.6 is 0 Å². The normalized spacial score (nSPS) is 32.7. The summed E-state index contributed by atoms with van der Waals surface area (Å²) in [4.78, 5) is 14.0. The predicted molar refractivity (Wildman–Crippen MR) is 63.8 cm³/mol. The van der Waals surface area contributed by atoms with E-state index in [-0.39, 0.29) is 18.7 Å². The molecule has 1 amide bonds. The molecule has 5 nitrogen and oxygen atoms in total. The summed E-state index contributed by atoms with van der Waals surface area (Å²) in [5.41, 5.74) is -0.941. The average Bonchev–Trinajstić information content (AvgIpc) is 2.44. The molecule has 0 aromatic carbocycles. The first-order chi connectivity index (χ1) is 7.88. The van der Waals surface area contributed by atoms with Gasteiger partial charge in [0.25, 0.3) is 0 Å². The number of aliphatic hydroxyl groups excluding tert-OH is 1. The maximum Gasteiger partial charge on any atom is 0.411 e. The van der Waals surface area contributed by atoms with E-state index in [9.17, 15) is 9.90 Å². The van der Waals surface area contributed by atoms with Crippen molar-refractivity contribution in [2.45, 2.75) is 50.8 Å². The lowest BCUT2D eigenvalue weighted by molar-refractivity contribution is -0.0243. The van der Waals surface area contributed by atoms with Crippen LogP contribution in [0.2, 0.25) is 0 Å². The minimum atomic E-state index is -0.488. The second kappa shape index (κ2) is 4.14. The second-order valence-electron chi connectivity index (χ2n) is 6.06. The van der Waals surface area contributed by atoms with Crippen LogP contribution in [0.5, 0.6) is 0 Å². The molecule has 2 bridgehead atoms. The largest absolute Gasteiger partial charge is 0.444 e. The highest BCUT2D eigenvalue weighted by Gasteiger charge is 2.52. The van der Waals surface area contributed by atoms with E-state index < -0.39 is 11.1 Å². The van der Waals surface area contributed by atoms with E-state index >= 15 is 0 Å². The monoisotopic (exact) mass is 242 g/mol. The number of aliphatic hydroxyl groups is 1. The number of amides is 1. The molecule has 17 heavy (non-hydrogen) atoms. The van der Waals surface area contributed by atoms with Gasteiger partial charge in [-0.2, -0.15) is 0 Å². The Bertz CT molecular complexity index is 309. The van der Waals surface area contributed by atoms with Gasteiger partial charge >= 0.3 is 6.09 Å². The average molecular weight is 242 g/mol. The van der Waals surface area contributed by atoms with E-state index in [4.69, 9.17) is 4.74 Å². The smallest absolute Gasteiger partial charge is 0.411 e. The Morgan fingerprint density at radius 1 is 1.59 bits per heavy atom. The van der Waals surface area contributed by atoms with Gasteiger partial charge in [-0.25, -0.2) is 4.79 Å². The number of nitrogens with one attached hydrogen (secondary N) is 1. The summed E-state index contributed by atoms with van der Waals surface area (Å²) >= 11 is 0. The van der Waals surface area contributed by atoms with Crippen LogP contribution in [0, 0.1) is 0 Å². The van der Waals surface area contributed by atoms with Crippen LogP contribution in [0.15, 0.2) is 0 Å². The zero-order chi connectivity index (χ0) is 12.7. The molecule has 0 spiro atoms. The third kappa shape index (κ3) is 2.26. The molecule has 0 aromatic rings. The number of carbonyl (C=O) groups excluding carboxylic acids is 1. The molecule has 0 unspecified atom stereocenters. The number of hydrogen-bond donors (Lipinski definition) is 2. The maximum atomic E-state index is 12.2. The molecule has 2 aliphatic rings. The number of nitrogens with zero attached hydrogens (tertiary/aromatic N) is 1. The topological polar surface area (TPSA) is 61.8 Å². The standard InChI is InChI=1S/C12H22N2O3/c1-11(2,3)17-10(16)14-9-4-5-12(14,8-15)7-13-6-9/h9,13,15H,4-8H2,1-3H3/t9-,12+/m1/s1. The third-order valence-corrected chi connectivity index (χ3v) is 3.54. The summed E-state index contributed by atoms with van der Waals surface area (Å²) in [5.74, 6) is 0. The SMILES string of the molecule is CC(C)(C)OC(=O)N1[C@@H]2CC[C@@]1(CO)CNC2. The summed E-state index contributed by atoms with van der Waals surface area (Å²) in [5, 5.41) is 12.9. The van der Waals surface area contributed by atoms with Crippen molar-refractivity contribution in [1.82, 2.24) is 10.2 Å². The van der Waals surface area contributed by atoms with E-state index in [0.717, 1.165) is 19.4 Å². The number of piperazine rings is 1. The molecule has 2 fully saturated rings. The fourth-order valence-electron chi connectivity index (χ4n) is 2.78. The number of fused-ring (bicyclic) bond motifs is 2. The van der Waals surface area contributed by atoms with Crippen molar-refractivity contribution in [2.24, 2.45) is 0 Å². The van der Waals surface area contributed by atoms with Gasteiger partial charge in [-0.15, -0.1) is 0 Å². The molecule has 2 rings (SSSR count). The van der Waals surface area contributed by atoms with Crippen molar-refractivity contribution < 1.29 is 14.6 Å². The van der Waals surface area contributed by atoms with Gasteiger partial charge in [0.15, 0.2) is 0 Å². The van der Waals surface area contributed by atoms with Crippen LogP contribution < -0.4 is 5.32 Å². The summed E-state index contributed by atoms with van der Waals surface area (Å²) in [6, 6.07) is 0.158. The highest BCUT2D eigenvalue weighted by molar-refractivity contribution is 5.70. The van der Waals surface area contributed by atoms with Crippen molar-refractivity contribution in [1.29, 1.82) is 0 Å². The first-order valence-electron chi connectivity index (χ1n) is 6.22. The van der Waals surface area contributed by atoms with Gasteiger partial charge in [0.2, 0.25) is 0 Å². The van der Waals surface area contributed by atoms with E-state index in [1.165, 1.54) is 0 Å². The number of rotatable bonds is 1. The second-order valence-corrected chi connectivity index (χ2v) is 6.06. The predicted octanol–water partition coefficient (Wildman–Crippen LogP) is 0.720. The van der Waals surface area contributed by atoms with E-state index in [2.05, 4.69) is 5.32 Å². The first-order valence-corrected chi connectivity index (χ1v) is 6.22. The molecule has 98 valence electrons. The van der Waals surface area contributed by atoms with Crippen LogP contribution in [0.3, 0.4) is 0 Å². The van der Waals surface area contributed by atoms with Crippen LogP contribution in [0.1, 0.15) is 33.6 Å². The van der Waals surface area contributed by atoms with E-state index in [0.29, 0.717) is 6.54 Å². The van der Waals surface area contributed by atoms with Crippen molar-refractivity contribution in [3.05, 3.63) is 0 Å². The first kappa shape index (κ1) is 12.6. The number of carbonyl (C=O) groups is 1. The van der Waals surface area contributed by atoms with Crippen LogP contribution in [0.25, 0.3) is 0 Å². The van der Waals surface area contributed by atoms with Crippen molar-refractivity contribution >= 4 is 6.09 Å². The maximum absolute atomic E-state index is 12.2. The molecule has 2 heterocycles. The summed E-state index contributed by atoms with van der Waals surface area (Å²) in [7, 11) is 0. The number of ether oxygens (including phenoxy) is 1. The quantitative estimate of drug-likeness (QED) is 0.711. The lowest BCUT2D eigenvalue weighted by Gasteiger charge is -2.44. The lowest BCUT2D eigenvalue weighted by atomic mass is 9.97. The fourth-order valence-corrected chi connectivity index (χ4v) is 2.78. The van der Waals surface area contributed by atoms with Gasteiger partial charge in [-0.1, -0.05) is 0 Å². The Hall–Kier alpha value is -0.810. The van der Waals surface area contributed by atoms with Crippen molar-refractivity contribution in [2.75, 3.05) is 19.7 Å². The molecule has 0 aliphatic carbocycles. The molecule has 2 atom stereocenters. The summed E-state index contributed by atoms with van der Waals surface area (Å²) in [6.07, 6.45) is 1.49. The zero-order valence-corrected chi connectivity index (χ0v) is 10.8. The Kier molecular flexibility index (Phi) is 3.08. The molecular formula is C12H22N2O3. The van der Waals surface area contributed by atoms with Gasteiger partial charge in [-0.05, 0) is 33.6 Å². The summed E-state index contributed by atoms with van der Waals surface area (Å²) < 4.78 is 5.43. The third-order valence-electron chi connectivity index (χ3n) is 3.54. The minimum Gasteiger partial charge on any atom is -0.444 e. The Morgan fingerprint density at radius 3 is 2.88 bits per heavy atom. The van der Waals surface area contributed by atoms with E-state index in [1.807, 2.05) is 20.8 Å². The van der Waals surface area contributed by atoms with Gasteiger partial charge in [0, 0.05) is 19.1 Å². The van der Waals surface area contributed by atoms with Crippen molar-refractivity contribution in [3.8, 4) is 0 Å². The van der Waals surface area contributed by atoms with Gasteiger partial charge in [0.05, 0.1) is 12.1 Å². The van der Waals surface area contributed by atoms with E-state index in [1.54, 1.807) is 4.90 Å². The van der Waals surface area contributed by atoms with Crippen LogP contribution in [0.4, 0.5) is 4.79 Å². The molecule has 0 radical (unpaired) electrons. The zero-order valence-electron chi connectivity index (χ0n) is 10.8. The lowest BCUT2D eigenvalue weighted by Crippen LogP contribution is -2.64. The number of hydrogen-bond acceptors (Lipinski definition) is 4. The molecule has 5 heteroatoms.